The van der Waals surface area contributed by atoms with E-state index in [1.165, 1.54) is 0 Å². The summed E-state index contributed by atoms with van der Waals surface area (Å²) in [6, 6.07) is 5.82. The SMILES string of the molecule is CCCCCNC(=O)c1ccc(N2CCC(Nc3ccc(F)cc3C(F)(F)F)CC2)nn1. The summed E-state index contributed by atoms with van der Waals surface area (Å²) in [7, 11) is 0. The third kappa shape index (κ3) is 6.30. The fourth-order valence-electron chi connectivity index (χ4n) is 3.63. The number of carbonyl (C=O) groups is 1. The van der Waals surface area contributed by atoms with Crippen molar-refractivity contribution in [3.63, 3.8) is 0 Å². The number of anilines is 2. The van der Waals surface area contributed by atoms with Gasteiger partial charge in [0, 0.05) is 31.4 Å². The maximum Gasteiger partial charge on any atom is 0.418 e. The molecule has 32 heavy (non-hydrogen) atoms. The van der Waals surface area contributed by atoms with Crippen molar-refractivity contribution in [1.82, 2.24) is 15.5 Å². The van der Waals surface area contributed by atoms with E-state index < -0.39 is 17.6 Å². The lowest BCUT2D eigenvalue weighted by molar-refractivity contribution is -0.137. The topological polar surface area (TPSA) is 70.2 Å². The van der Waals surface area contributed by atoms with Crippen molar-refractivity contribution in [2.75, 3.05) is 29.9 Å². The van der Waals surface area contributed by atoms with Crippen LogP contribution in [0.5, 0.6) is 0 Å². The molecule has 2 heterocycles. The molecule has 0 spiro atoms. The van der Waals surface area contributed by atoms with E-state index in [1.807, 2.05) is 4.90 Å². The number of alkyl halides is 3. The highest BCUT2D eigenvalue weighted by Crippen LogP contribution is 2.36. The van der Waals surface area contributed by atoms with E-state index in [0.29, 0.717) is 44.4 Å². The zero-order valence-electron chi connectivity index (χ0n) is 17.9. The molecule has 1 aliphatic rings. The predicted octanol–water partition coefficient (Wildman–Crippen LogP) is 4.64. The van der Waals surface area contributed by atoms with Crippen molar-refractivity contribution in [2.24, 2.45) is 0 Å². The smallest absolute Gasteiger partial charge is 0.382 e. The molecule has 1 aromatic heterocycles. The quantitative estimate of drug-likeness (QED) is 0.450. The monoisotopic (exact) mass is 453 g/mol. The van der Waals surface area contributed by atoms with Crippen LogP contribution in [0.4, 0.5) is 29.1 Å². The average Bonchev–Trinajstić information content (AvgIpc) is 2.78. The Kier molecular flexibility index (Phi) is 7.87. The largest absolute Gasteiger partial charge is 0.418 e. The second-order valence-corrected chi connectivity index (χ2v) is 7.83. The number of amides is 1. The standard InChI is InChI=1S/C22H27F4N5O/c1-2-3-4-11-27-21(32)19-7-8-20(30-29-19)31-12-9-16(10-13-31)28-18-6-5-15(23)14-17(18)22(24,25)26/h5-8,14,16,28H,2-4,9-13H2,1H3,(H,27,32). The van der Waals surface area contributed by atoms with Crippen molar-refractivity contribution >= 4 is 17.4 Å². The van der Waals surface area contributed by atoms with Crippen molar-refractivity contribution in [3.05, 3.63) is 47.4 Å². The maximum absolute atomic E-state index is 13.3. The highest BCUT2D eigenvalue weighted by Gasteiger charge is 2.34. The van der Waals surface area contributed by atoms with Gasteiger partial charge in [-0.3, -0.25) is 4.79 Å². The number of carbonyl (C=O) groups excluding carboxylic acids is 1. The van der Waals surface area contributed by atoms with Crippen LogP contribution < -0.4 is 15.5 Å². The van der Waals surface area contributed by atoms with E-state index in [1.54, 1.807) is 12.1 Å². The Labute approximate surface area is 184 Å². The van der Waals surface area contributed by atoms with Crippen molar-refractivity contribution in [1.29, 1.82) is 0 Å². The molecule has 0 bridgehead atoms. The number of hydrogen-bond donors (Lipinski definition) is 2. The first-order valence-corrected chi connectivity index (χ1v) is 10.8. The van der Waals surface area contributed by atoms with E-state index in [2.05, 4.69) is 27.8 Å². The molecular formula is C22H27F4N5O. The number of nitrogens with zero attached hydrogens (tertiary/aromatic N) is 3. The zero-order chi connectivity index (χ0) is 23.1. The third-order valence-electron chi connectivity index (χ3n) is 5.41. The minimum atomic E-state index is -4.63. The van der Waals surface area contributed by atoms with Crippen LogP contribution >= 0.6 is 0 Å². The van der Waals surface area contributed by atoms with Crippen LogP contribution in [0.15, 0.2) is 30.3 Å². The molecule has 10 heteroatoms. The Bertz CT molecular complexity index is 896. The van der Waals surface area contributed by atoms with Gasteiger partial charge < -0.3 is 15.5 Å². The molecule has 6 nitrogen and oxygen atoms in total. The lowest BCUT2D eigenvalue weighted by Gasteiger charge is -2.33. The van der Waals surface area contributed by atoms with Crippen LogP contribution in [0.25, 0.3) is 0 Å². The van der Waals surface area contributed by atoms with Crippen molar-refractivity contribution in [2.45, 2.75) is 51.2 Å². The molecule has 1 amide bonds. The first-order chi connectivity index (χ1) is 15.3. The number of rotatable bonds is 8. The van der Waals surface area contributed by atoms with E-state index in [4.69, 9.17) is 0 Å². The minimum absolute atomic E-state index is 0.119. The molecule has 0 atom stereocenters. The van der Waals surface area contributed by atoms with Gasteiger partial charge in [0.15, 0.2) is 11.5 Å². The average molecular weight is 453 g/mol. The first-order valence-electron chi connectivity index (χ1n) is 10.8. The third-order valence-corrected chi connectivity index (χ3v) is 5.41. The molecule has 1 aliphatic heterocycles. The molecule has 0 radical (unpaired) electrons. The summed E-state index contributed by atoms with van der Waals surface area (Å²) in [5, 5.41) is 13.9. The zero-order valence-corrected chi connectivity index (χ0v) is 17.9. The predicted molar refractivity (Wildman–Crippen MR) is 114 cm³/mol. The molecule has 2 N–H and O–H groups in total. The fourth-order valence-corrected chi connectivity index (χ4v) is 3.63. The van der Waals surface area contributed by atoms with Gasteiger partial charge in [-0.2, -0.15) is 13.2 Å². The number of hydrogen-bond acceptors (Lipinski definition) is 5. The van der Waals surface area contributed by atoms with Gasteiger partial charge in [0.25, 0.3) is 5.91 Å². The molecule has 1 fully saturated rings. The van der Waals surface area contributed by atoms with E-state index in [9.17, 15) is 22.4 Å². The summed E-state index contributed by atoms with van der Waals surface area (Å²) in [6.45, 7) is 3.82. The Morgan fingerprint density at radius 1 is 1.12 bits per heavy atom. The van der Waals surface area contributed by atoms with Crippen LogP contribution in [0.2, 0.25) is 0 Å². The van der Waals surface area contributed by atoms with Gasteiger partial charge in [-0.1, -0.05) is 19.8 Å². The van der Waals surface area contributed by atoms with Crippen LogP contribution in [-0.4, -0.2) is 41.8 Å². The van der Waals surface area contributed by atoms with Crippen LogP contribution in [0, 0.1) is 5.82 Å². The Morgan fingerprint density at radius 2 is 1.88 bits per heavy atom. The van der Waals surface area contributed by atoms with Gasteiger partial charge in [-0.15, -0.1) is 10.2 Å². The molecule has 1 saturated heterocycles. The van der Waals surface area contributed by atoms with Gasteiger partial charge in [0.1, 0.15) is 5.82 Å². The number of unbranched alkanes of at least 4 members (excludes halogenated alkanes) is 2. The van der Waals surface area contributed by atoms with Gasteiger partial charge >= 0.3 is 6.18 Å². The van der Waals surface area contributed by atoms with Gasteiger partial charge in [0.2, 0.25) is 0 Å². The molecule has 1 aromatic carbocycles. The molecule has 3 rings (SSSR count). The Morgan fingerprint density at radius 3 is 2.50 bits per heavy atom. The van der Waals surface area contributed by atoms with E-state index >= 15 is 0 Å². The molecule has 2 aromatic rings. The van der Waals surface area contributed by atoms with Crippen LogP contribution in [0.1, 0.15) is 55.1 Å². The van der Waals surface area contributed by atoms with Crippen LogP contribution in [0.3, 0.4) is 0 Å². The van der Waals surface area contributed by atoms with Crippen molar-refractivity contribution < 1.29 is 22.4 Å². The number of aromatic nitrogens is 2. The molecule has 174 valence electrons. The first kappa shape index (κ1) is 23.7. The minimum Gasteiger partial charge on any atom is -0.382 e. The fraction of sp³-hybridized carbons (Fsp3) is 0.500. The lowest BCUT2D eigenvalue weighted by Crippen LogP contribution is -2.40. The van der Waals surface area contributed by atoms with Crippen LogP contribution in [-0.2, 0) is 6.18 Å². The Hall–Kier alpha value is -2.91. The number of benzene rings is 1. The summed E-state index contributed by atoms with van der Waals surface area (Å²) in [6.07, 6.45) is -0.436. The lowest BCUT2D eigenvalue weighted by atomic mass is 10.0. The highest BCUT2D eigenvalue weighted by molar-refractivity contribution is 5.92. The molecule has 0 aliphatic carbocycles. The summed E-state index contributed by atoms with van der Waals surface area (Å²) >= 11 is 0. The summed E-state index contributed by atoms with van der Waals surface area (Å²) < 4.78 is 52.9. The normalized spacial score (nSPS) is 15.0. The number of halogens is 4. The molecular weight excluding hydrogens is 426 g/mol. The second kappa shape index (κ2) is 10.6. The van der Waals surface area contributed by atoms with Gasteiger partial charge in [-0.05, 0) is 49.6 Å². The van der Waals surface area contributed by atoms with E-state index in [-0.39, 0.29) is 23.3 Å². The van der Waals surface area contributed by atoms with E-state index in [0.717, 1.165) is 31.4 Å². The summed E-state index contributed by atoms with van der Waals surface area (Å²) in [5.74, 6) is -0.569. The number of piperidine rings is 1. The molecule has 0 unspecified atom stereocenters. The van der Waals surface area contributed by atoms with Gasteiger partial charge in [-0.25, -0.2) is 4.39 Å². The summed E-state index contributed by atoms with van der Waals surface area (Å²) in [5.41, 5.74) is -0.876. The Balaban J connectivity index is 1.53. The van der Waals surface area contributed by atoms with Crippen molar-refractivity contribution in [3.8, 4) is 0 Å². The highest BCUT2D eigenvalue weighted by atomic mass is 19.4. The van der Waals surface area contributed by atoms with Gasteiger partial charge in [0.05, 0.1) is 5.56 Å². The number of nitrogens with one attached hydrogen (secondary N) is 2. The maximum atomic E-state index is 13.3. The summed E-state index contributed by atoms with van der Waals surface area (Å²) in [4.78, 5) is 14.1. The molecule has 0 saturated carbocycles. The second-order valence-electron chi connectivity index (χ2n) is 7.83.